The molecule has 26 heavy (non-hydrogen) atoms. The first-order valence-corrected chi connectivity index (χ1v) is 8.82. The van der Waals surface area contributed by atoms with Gasteiger partial charge in [0.1, 0.15) is 0 Å². The molecule has 8 heteroatoms. The minimum atomic E-state index is -0.221. The number of amides is 1. The van der Waals surface area contributed by atoms with E-state index < -0.39 is 0 Å². The number of nitrogens with one attached hydrogen (secondary N) is 1. The van der Waals surface area contributed by atoms with Crippen molar-refractivity contribution in [2.45, 2.75) is 32.4 Å². The average molecular weight is 350 g/mol. The predicted octanol–water partition coefficient (Wildman–Crippen LogP) is 0.902. The van der Waals surface area contributed by atoms with E-state index in [1.54, 1.807) is 9.47 Å². The summed E-state index contributed by atoms with van der Waals surface area (Å²) in [6.07, 6.45) is 2.85. The number of aromatic amines is 1. The van der Waals surface area contributed by atoms with E-state index in [0.29, 0.717) is 31.2 Å². The maximum absolute atomic E-state index is 13.1. The Morgan fingerprint density at radius 1 is 1.12 bits per heavy atom. The van der Waals surface area contributed by atoms with Gasteiger partial charge in [-0.2, -0.15) is 10.2 Å². The molecule has 2 aliphatic rings. The number of benzene rings is 1. The minimum absolute atomic E-state index is 0.0838. The van der Waals surface area contributed by atoms with E-state index in [1.165, 1.54) is 0 Å². The summed E-state index contributed by atoms with van der Waals surface area (Å²) in [6.45, 7) is 1.26. The van der Waals surface area contributed by atoms with Crippen LogP contribution < -0.4 is 5.69 Å². The molecule has 132 valence electrons. The van der Waals surface area contributed by atoms with E-state index in [0.717, 1.165) is 36.2 Å². The Hall–Kier alpha value is -3.16. The molecule has 5 rings (SSSR count). The molecule has 0 bridgehead atoms. The molecule has 3 heterocycles. The summed E-state index contributed by atoms with van der Waals surface area (Å²) in [6, 6.07) is 9.92. The minimum Gasteiger partial charge on any atom is -0.328 e. The van der Waals surface area contributed by atoms with Crippen LogP contribution in [-0.2, 0) is 25.9 Å². The van der Waals surface area contributed by atoms with Crippen LogP contribution in [-0.4, -0.2) is 41.9 Å². The van der Waals surface area contributed by atoms with Gasteiger partial charge in [0.05, 0.1) is 12.2 Å². The van der Waals surface area contributed by atoms with Gasteiger partial charge in [-0.3, -0.25) is 9.36 Å². The number of H-pyrrole nitrogens is 1. The molecule has 0 radical (unpaired) electrons. The zero-order valence-corrected chi connectivity index (χ0v) is 14.2. The number of aromatic nitrogens is 5. The molecular weight excluding hydrogens is 332 g/mol. The molecule has 1 N–H and O–H groups in total. The average Bonchev–Trinajstić information content (AvgIpc) is 3.37. The summed E-state index contributed by atoms with van der Waals surface area (Å²) < 4.78 is 3.49. The third kappa shape index (κ3) is 2.22. The Bertz CT molecular complexity index is 1050. The molecule has 0 spiro atoms. The smallest absolute Gasteiger partial charge is 0.328 e. The fourth-order valence-electron chi connectivity index (χ4n) is 3.89. The summed E-state index contributed by atoms with van der Waals surface area (Å²) in [5.41, 5.74) is 3.48. The van der Waals surface area contributed by atoms with E-state index in [2.05, 4.69) is 15.3 Å². The second kappa shape index (κ2) is 5.69. The summed E-state index contributed by atoms with van der Waals surface area (Å²) in [5.74, 6) is 0.508. The number of carbonyl (C=O) groups excluding carboxylic acids is 1. The molecular formula is C18H18N6O2. The number of rotatable bonds is 2. The molecule has 0 unspecified atom stereocenters. The first kappa shape index (κ1) is 15.1. The van der Waals surface area contributed by atoms with Crippen molar-refractivity contribution in [1.82, 2.24) is 29.4 Å². The first-order valence-electron chi connectivity index (χ1n) is 8.82. The van der Waals surface area contributed by atoms with E-state index in [1.807, 2.05) is 35.0 Å². The van der Waals surface area contributed by atoms with Crippen LogP contribution >= 0.6 is 0 Å². The van der Waals surface area contributed by atoms with Crippen LogP contribution in [0.5, 0.6) is 0 Å². The van der Waals surface area contributed by atoms with Gasteiger partial charge in [-0.05, 0) is 31.4 Å². The van der Waals surface area contributed by atoms with Crippen molar-refractivity contribution < 1.29 is 4.79 Å². The van der Waals surface area contributed by atoms with Crippen molar-refractivity contribution in [3.05, 3.63) is 63.6 Å². The molecule has 1 aliphatic heterocycles. The van der Waals surface area contributed by atoms with Crippen molar-refractivity contribution >= 4 is 5.91 Å². The van der Waals surface area contributed by atoms with E-state index in [-0.39, 0.29) is 11.6 Å². The maximum atomic E-state index is 13.1. The Morgan fingerprint density at radius 2 is 1.96 bits per heavy atom. The summed E-state index contributed by atoms with van der Waals surface area (Å²) in [4.78, 5) is 26.5. The number of nitrogens with zero attached hydrogens (tertiary/aromatic N) is 5. The topological polar surface area (TPSA) is 88.8 Å². The molecule has 1 aromatic carbocycles. The van der Waals surface area contributed by atoms with Crippen LogP contribution in [0.3, 0.4) is 0 Å². The van der Waals surface area contributed by atoms with E-state index in [4.69, 9.17) is 0 Å². The predicted molar refractivity (Wildman–Crippen MR) is 93.2 cm³/mol. The first-order chi connectivity index (χ1) is 12.7. The number of para-hydroxylation sites is 1. The van der Waals surface area contributed by atoms with Gasteiger partial charge in [0.25, 0.3) is 5.91 Å². The van der Waals surface area contributed by atoms with Gasteiger partial charge in [-0.25, -0.2) is 14.6 Å². The lowest BCUT2D eigenvalue weighted by atomic mass is 10.1. The molecule has 8 nitrogen and oxygen atoms in total. The quantitative estimate of drug-likeness (QED) is 0.744. The number of fused-ring (bicyclic) bond motifs is 2. The lowest BCUT2D eigenvalue weighted by Gasteiger charge is -2.26. The molecule has 1 amide bonds. The highest BCUT2D eigenvalue weighted by molar-refractivity contribution is 5.94. The SMILES string of the molecule is O=C(c1nn(-c2ccccc2)c2c1CCC2)N1CCn2c(n[nH]c2=O)C1. The number of hydrogen-bond acceptors (Lipinski definition) is 4. The standard InChI is InChI=1S/C18H18N6O2/c25-17(22-9-10-23-15(11-22)19-20-18(23)26)16-13-7-4-8-14(13)24(21-16)12-5-2-1-3-6-12/h1-3,5-6H,4,7-11H2,(H,20,26). The van der Waals surface area contributed by atoms with Gasteiger partial charge < -0.3 is 4.90 Å². The number of carbonyl (C=O) groups is 1. The second-order valence-corrected chi connectivity index (χ2v) is 6.70. The fraction of sp³-hybridized carbons (Fsp3) is 0.333. The highest BCUT2D eigenvalue weighted by Crippen LogP contribution is 2.29. The second-order valence-electron chi connectivity index (χ2n) is 6.70. The zero-order valence-electron chi connectivity index (χ0n) is 14.2. The third-order valence-corrected chi connectivity index (χ3v) is 5.18. The van der Waals surface area contributed by atoms with E-state index >= 15 is 0 Å². The van der Waals surface area contributed by atoms with Crippen molar-refractivity contribution in [1.29, 1.82) is 0 Å². The molecule has 0 fully saturated rings. The van der Waals surface area contributed by atoms with Crippen molar-refractivity contribution in [2.75, 3.05) is 6.54 Å². The van der Waals surface area contributed by atoms with Crippen molar-refractivity contribution in [3.8, 4) is 5.69 Å². The summed E-state index contributed by atoms with van der Waals surface area (Å²) in [5, 5.41) is 11.1. The maximum Gasteiger partial charge on any atom is 0.343 e. The number of hydrogen-bond donors (Lipinski definition) is 1. The molecule has 3 aromatic rings. The Kier molecular flexibility index (Phi) is 3.31. The highest BCUT2D eigenvalue weighted by Gasteiger charge is 2.31. The van der Waals surface area contributed by atoms with Gasteiger partial charge in [-0.1, -0.05) is 18.2 Å². The Labute approximate surface area is 149 Å². The molecule has 2 aromatic heterocycles. The normalized spacial score (nSPS) is 15.8. The van der Waals surface area contributed by atoms with E-state index in [9.17, 15) is 9.59 Å². The third-order valence-electron chi connectivity index (χ3n) is 5.18. The molecule has 0 saturated heterocycles. The molecule has 0 saturated carbocycles. The van der Waals surface area contributed by atoms with Crippen LogP contribution in [0, 0.1) is 0 Å². The fourth-order valence-corrected chi connectivity index (χ4v) is 3.89. The molecule has 1 aliphatic carbocycles. The molecule has 0 atom stereocenters. The van der Waals surface area contributed by atoms with Crippen LogP contribution in [0.4, 0.5) is 0 Å². The zero-order chi connectivity index (χ0) is 17.7. The van der Waals surface area contributed by atoms with Crippen LogP contribution in [0.15, 0.2) is 35.1 Å². The Morgan fingerprint density at radius 3 is 2.81 bits per heavy atom. The van der Waals surface area contributed by atoms with Gasteiger partial charge >= 0.3 is 5.69 Å². The van der Waals surface area contributed by atoms with Gasteiger partial charge in [0.2, 0.25) is 0 Å². The summed E-state index contributed by atoms with van der Waals surface area (Å²) in [7, 11) is 0. The Balaban J connectivity index is 1.51. The van der Waals surface area contributed by atoms with Gasteiger partial charge in [0.15, 0.2) is 11.5 Å². The highest BCUT2D eigenvalue weighted by atomic mass is 16.2. The van der Waals surface area contributed by atoms with Crippen LogP contribution in [0.1, 0.15) is 34.0 Å². The van der Waals surface area contributed by atoms with Gasteiger partial charge in [-0.15, -0.1) is 0 Å². The lowest BCUT2D eigenvalue weighted by Crippen LogP contribution is -2.41. The van der Waals surface area contributed by atoms with Crippen molar-refractivity contribution in [2.24, 2.45) is 0 Å². The largest absolute Gasteiger partial charge is 0.343 e. The monoisotopic (exact) mass is 350 g/mol. The van der Waals surface area contributed by atoms with Crippen molar-refractivity contribution in [3.63, 3.8) is 0 Å². The van der Waals surface area contributed by atoms with Gasteiger partial charge in [0, 0.05) is 24.3 Å². The summed E-state index contributed by atoms with van der Waals surface area (Å²) >= 11 is 0. The lowest BCUT2D eigenvalue weighted by molar-refractivity contribution is 0.0699. The van der Waals surface area contributed by atoms with Crippen LogP contribution in [0.25, 0.3) is 5.69 Å². The van der Waals surface area contributed by atoms with Crippen LogP contribution in [0.2, 0.25) is 0 Å².